The van der Waals surface area contributed by atoms with E-state index in [1.54, 1.807) is 17.8 Å². The molecule has 2 aromatic carbocycles. The highest BCUT2D eigenvalue weighted by molar-refractivity contribution is 5.84. The van der Waals surface area contributed by atoms with Crippen molar-refractivity contribution >= 4 is 17.8 Å². The highest BCUT2D eigenvalue weighted by Gasteiger charge is 2.17. The van der Waals surface area contributed by atoms with Gasteiger partial charge >= 0.3 is 6.09 Å². The van der Waals surface area contributed by atoms with E-state index in [9.17, 15) is 18.4 Å². The van der Waals surface area contributed by atoms with E-state index < -0.39 is 29.7 Å². The van der Waals surface area contributed by atoms with Gasteiger partial charge in [0.1, 0.15) is 6.61 Å². The molecule has 0 radical (unpaired) electrons. The number of nitrogens with zero attached hydrogens (tertiary/aromatic N) is 2. The minimum absolute atomic E-state index is 0.00614. The second kappa shape index (κ2) is 14.0. The molecule has 0 bridgehead atoms. The second-order valence-corrected chi connectivity index (χ2v) is 8.43. The van der Waals surface area contributed by atoms with Crippen molar-refractivity contribution in [3.63, 3.8) is 0 Å². The Hall–Kier alpha value is -3.83. The summed E-state index contributed by atoms with van der Waals surface area (Å²) in [7, 11) is 1.77. The Morgan fingerprint density at radius 1 is 1.11 bits per heavy atom. The Morgan fingerprint density at radius 3 is 2.65 bits per heavy atom. The highest BCUT2D eigenvalue weighted by Crippen LogP contribution is 2.21. The summed E-state index contributed by atoms with van der Waals surface area (Å²) < 4.78 is 34.0. The minimum Gasteiger partial charge on any atom is -0.447 e. The second-order valence-electron chi connectivity index (χ2n) is 8.43. The molecule has 0 aliphatic heterocycles. The topological polar surface area (TPSA) is 118 Å². The van der Waals surface area contributed by atoms with E-state index in [1.165, 1.54) is 12.1 Å². The van der Waals surface area contributed by atoms with Gasteiger partial charge in [0.05, 0.1) is 18.3 Å². The van der Waals surface area contributed by atoms with E-state index in [0.29, 0.717) is 25.1 Å². The van der Waals surface area contributed by atoms with Crippen molar-refractivity contribution in [3.8, 4) is 11.3 Å². The number of hydrogen-bond acceptors (Lipinski definition) is 6. The van der Waals surface area contributed by atoms with E-state index >= 15 is 0 Å². The van der Waals surface area contributed by atoms with Crippen LogP contribution in [-0.4, -0.2) is 52.7 Å². The Kier molecular flexibility index (Phi) is 10.5. The molecule has 1 atom stereocenters. The third-order valence-electron chi connectivity index (χ3n) is 5.55. The fourth-order valence-corrected chi connectivity index (χ4v) is 3.70. The van der Waals surface area contributed by atoms with Gasteiger partial charge in [-0.25, -0.2) is 13.6 Å². The first-order chi connectivity index (χ1) is 17.9. The van der Waals surface area contributed by atoms with Crippen LogP contribution in [0.4, 0.5) is 19.4 Å². The predicted molar refractivity (Wildman–Crippen MR) is 135 cm³/mol. The molecule has 4 N–H and O–H groups in total. The lowest BCUT2D eigenvalue weighted by atomic mass is 10.1. The molecule has 198 valence electrons. The molecule has 11 heteroatoms. The smallest absolute Gasteiger partial charge is 0.412 e. The number of hydrogen-bond donors (Lipinski definition) is 4. The van der Waals surface area contributed by atoms with E-state index in [4.69, 9.17) is 9.84 Å². The summed E-state index contributed by atoms with van der Waals surface area (Å²) in [5, 5.41) is 21.5. The molecule has 3 aromatic rings. The molecule has 0 spiro atoms. The van der Waals surface area contributed by atoms with Crippen LogP contribution in [0.15, 0.2) is 54.6 Å². The van der Waals surface area contributed by atoms with Crippen LogP contribution in [0.1, 0.15) is 24.8 Å². The number of benzene rings is 2. The molecule has 0 saturated carbocycles. The Bertz CT molecular complexity index is 1170. The van der Waals surface area contributed by atoms with Crippen LogP contribution in [0.5, 0.6) is 0 Å². The number of rotatable bonds is 13. The van der Waals surface area contributed by atoms with Gasteiger partial charge in [-0.3, -0.25) is 14.8 Å². The van der Waals surface area contributed by atoms with E-state index in [1.807, 2.05) is 30.3 Å². The lowest BCUT2D eigenvalue weighted by Gasteiger charge is -2.19. The molecule has 9 nitrogen and oxygen atoms in total. The first kappa shape index (κ1) is 27.8. The Balaban J connectivity index is 1.49. The average Bonchev–Trinajstić information content (AvgIpc) is 3.25. The third kappa shape index (κ3) is 8.65. The summed E-state index contributed by atoms with van der Waals surface area (Å²) in [5.41, 5.74) is 1.87. The van der Waals surface area contributed by atoms with Gasteiger partial charge in [-0.2, -0.15) is 5.10 Å². The standard InChI is InChI=1S/C26H31F2N5O4/c1-33-22(18-8-3-2-4-9-18)14-23(32-33)31-26(36)37-17-20(11-5-6-13-34)30-24(35)16-29-15-19-10-7-12-21(27)25(19)28/h2-4,7-10,12,14,20,29,34H,5-6,11,13,15-17H2,1H3,(H,30,35)(H,31,32,36)/t20-/m0/s1. The molecule has 1 aromatic heterocycles. The lowest BCUT2D eigenvalue weighted by Crippen LogP contribution is -2.43. The van der Waals surface area contributed by atoms with Gasteiger partial charge in [0.15, 0.2) is 17.5 Å². The van der Waals surface area contributed by atoms with Crippen LogP contribution in [0.3, 0.4) is 0 Å². The number of aliphatic hydroxyl groups is 1. The molecular formula is C26H31F2N5O4. The first-order valence-electron chi connectivity index (χ1n) is 11.9. The van der Waals surface area contributed by atoms with Crippen LogP contribution in [0, 0.1) is 11.6 Å². The molecule has 37 heavy (non-hydrogen) atoms. The van der Waals surface area contributed by atoms with Crippen LogP contribution < -0.4 is 16.0 Å². The van der Waals surface area contributed by atoms with Crippen molar-refractivity contribution in [1.82, 2.24) is 20.4 Å². The van der Waals surface area contributed by atoms with Crippen LogP contribution in [-0.2, 0) is 23.1 Å². The normalized spacial score (nSPS) is 11.7. The number of halogens is 2. The van der Waals surface area contributed by atoms with Gasteiger partial charge in [-0.15, -0.1) is 0 Å². The van der Waals surface area contributed by atoms with Gasteiger partial charge in [-0.05, 0) is 30.9 Å². The molecule has 0 unspecified atom stereocenters. The fraction of sp³-hybridized carbons (Fsp3) is 0.346. The zero-order valence-corrected chi connectivity index (χ0v) is 20.5. The third-order valence-corrected chi connectivity index (χ3v) is 5.55. The Labute approximate surface area is 213 Å². The fourth-order valence-electron chi connectivity index (χ4n) is 3.70. The Morgan fingerprint density at radius 2 is 1.89 bits per heavy atom. The number of unbranched alkanes of at least 4 members (excludes halogenated alkanes) is 1. The molecule has 0 aliphatic carbocycles. The van der Waals surface area contributed by atoms with Crippen molar-refractivity contribution in [1.29, 1.82) is 0 Å². The summed E-state index contributed by atoms with van der Waals surface area (Å²) in [6, 6.07) is 14.7. The number of nitrogens with one attached hydrogen (secondary N) is 3. The summed E-state index contributed by atoms with van der Waals surface area (Å²) in [4.78, 5) is 24.7. The highest BCUT2D eigenvalue weighted by atomic mass is 19.2. The quantitative estimate of drug-likeness (QED) is 0.260. The van der Waals surface area contributed by atoms with Crippen LogP contribution in [0.2, 0.25) is 0 Å². The minimum atomic E-state index is -0.958. The molecule has 1 heterocycles. The van der Waals surface area contributed by atoms with Crippen molar-refractivity contribution < 1.29 is 28.2 Å². The van der Waals surface area contributed by atoms with Gasteiger partial charge < -0.3 is 20.5 Å². The van der Waals surface area contributed by atoms with Crippen molar-refractivity contribution in [2.24, 2.45) is 7.05 Å². The maximum atomic E-state index is 13.8. The number of aromatic nitrogens is 2. The molecule has 0 saturated heterocycles. The lowest BCUT2D eigenvalue weighted by molar-refractivity contribution is -0.121. The number of aryl methyl sites for hydroxylation is 1. The number of anilines is 1. The van der Waals surface area contributed by atoms with Crippen molar-refractivity contribution in [3.05, 3.63) is 71.8 Å². The number of amides is 2. The summed E-state index contributed by atoms with van der Waals surface area (Å²) >= 11 is 0. The average molecular weight is 516 g/mol. The maximum absolute atomic E-state index is 13.8. The molecule has 2 amide bonds. The zero-order valence-electron chi connectivity index (χ0n) is 20.5. The van der Waals surface area contributed by atoms with Gasteiger partial charge in [-0.1, -0.05) is 42.5 Å². The first-order valence-corrected chi connectivity index (χ1v) is 11.9. The molecular weight excluding hydrogens is 484 g/mol. The van der Waals surface area contributed by atoms with E-state index in [0.717, 1.165) is 17.3 Å². The van der Waals surface area contributed by atoms with Crippen LogP contribution in [0.25, 0.3) is 11.3 Å². The van der Waals surface area contributed by atoms with Gasteiger partial charge in [0.25, 0.3) is 0 Å². The van der Waals surface area contributed by atoms with E-state index in [-0.39, 0.29) is 31.9 Å². The molecule has 0 fully saturated rings. The largest absolute Gasteiger partial charge is 0.447 e. The summed E-state index contributed by atoms with van der Waals surface area (Å²) in [6.07, 6.45) is 0.889. The van der Waals surface area contributed by atoms with Crippen molar-refractivity contribution in [2.45, 2.75) is 31.8 Å². The number of carbonyl (C=O) groups excluding carboxylic acids is 2. The van der Waals surface area contributed by atoms with Gasteiger partial charge in [0.2, 0.25) is 5.91 Å². The monoisotopic (exact) mass is 515 g/mol. The zero-order chi connectivity index (χ0) is 26.6. The number of ether oxygens (including phenoxy) is 1. The SMILES string of the molecule is Cn1nc(NC(=O)OC[C@H](CCCCO)NC(=O)CNCc2cccc(F)c2F)cc1-c1ccccc1. The van der Waals surface area contributed by atoms with Crippen LogP contribution >= 0.6 is 0 Å². The van der Waals surface area contributed by atoms with E-state index in [2.05, 4.69) is 21.0 Å². The van der Waals surface area contributed by atoms with Crippen molar-refractivity contribution in [2.75, 3.05) is 25.1 Å². The predicted octanol–water partition coefficient (Wildman–Crippen LogP) is 3.35. The number of carbonyl (C=O) groups is 2. The van der Waals surface area contributed by atoms with Gasteiger partial charge in [0, 0.05) is 31.8 Å². The molecule has 3 rings (SSSR count). The molecule has 0 aliphatic rings. The summed E-state index contributed by atoms with van der Waals surface area (Å²) in [5.74, 6) is -1.99. The summed E-state index contributed by atoms with van der Waals surface area (Å²) in [6.45, 7) is -0.263. The maximum Gasteiger partial charge on any atom is 0.412 e. The number of aliphatic hydroxyl groups excluding tert-OH is 1.